The van der Waals surface area contributed by atoms with Crippen LogP contribution in [0.25, 0.3) is 0 Å². The van der Waals surface area contributed by atoms with Crippen molar-refractivity contribution in [2.45, 2.75) is 90.6 Å². The van der Waals surface area contributed by atoms with Crippen molar-refractivity contribution in [1.82, 2.24) is 0 Å². The predicted octanol–water partition coefficient (Wildman–Crippen LogP) is 5.25. The minimum absolute atomic E-state index is 0.164. The van der Waals surface area contributed by atoms with Crippen LogP contribution in [0.2, 0.25) is 23.7 Å². The van der Waals surface area contributed by atoms with Gasteiger partial charge in [0.1, 0.15) is 6.10 Å². The second-order valence-electron chi connectivity index (χ2n) is 8.42. The third-order valence-corrected chi connectivity index (χ3v) is 13.0. The van der Waals surface area contributed by atoms with Crippen molar-refractivity contribution in [3.05, 3.63) is 0 Å². The van der Waals surface area contributed by atoms with E-state index in [1.807, 2.05) is 0 Å². The summed E-state index contributed by atoms with van der Waals surface area (Å²) in [7, 11) is -1.52. The zero-order chi connectivity index (χ0) is 15.8. The van der Waals surface area contributed by atoms with Gasteiger partial charge < -0.3 is 4.74 Å². The van der Waals surface area contributed by atoms with Gasteiger partial charge in [0.15, 0.2) is 0 Å². The number of hydrogen-bond acceptors (Lipinski definition) is 2. The summed E-state index contributed by atoms with van der Waals surface area (Å²) >= 11 is 0. The topological polar surface area (TPSA) is 26.3 Å². The highest BCUT2D eigenvalue weighted by molar-refractivity contribution is 6.83. The lowest BCUT2D eigenvalue weighted by Crippen LogP contribution is -2.45. The molecule has 2 aliphatic rings. The van der Waals surface area contributed by atoms with E-state index in [0.29, 0.717) is 11.3 Å². The smallest absolute Gasteiger partial charge is 0.306 e. The Morgan fingerprint density at radius 2 is 1.67 bits per heavy atom. The van der Waals surface area contributed by atoms with Crippen LogP contribution in [0.4, 0.5) is 0 Å². The van der Waals surface area contributed by atoms with Gasteiger partial charge in [-0.15, -0.1) is 0 Å². The minimum Gasteiger partial charge on any atom is -0.462 e. The van der Waals surface area contributed by atoms with E-state index < -0.39 is 8.07 Å². The summed E-state index contributed by atoms with van der Waals surface area (Å²) in [5, 5.41) is 0. The molecule has 0 amide bonds. The SMILES string of the molecule is CC[Si](CC)(CC)[C@H]1C(=O)O[C@H]2CC[C@@H](C(C)(C)C)C[C@H]21. The zero-order valence-corrected chi connectivity index (χ0v) is 15.9. The first kappa shape index (κ1) is 17.0. The average Bonchev–Trinajstić information content (AvgIpc) is 2.77. The molecular formula is C18H34O2Si. The van der Waals surface area contributed by atoms with E-state index in [9.17, 15) is 4.79 Å². The van der Waals surface area contributed by atoms with Crippen LogP contribution in [0.3, 0.4) is 0 Å². The van der Waals surface area contributed by atoms with Crippen molar-refractivity contribution in [2.24, 2.45) is 17.3 Å². The van der Waals surface area contributed by atoms with Crippen LogP contribution in [0.5, 0.6) is 0 Å². The molecule has 21 heavy (non-hydrogen) atoms. The number of carbonyl (C=O) groups is 1. The fourth-order valence-corrected chi connectivity index (χ4v) is 9.62. The third-order valence-electron chi connectivity index (χ3n) is 6.78. The Morgan fingerprint density at radius 1 is 1.10 bits per heavy atom. The number of ether oxygens (including phenoxy) is 1. The van der Waals surface area contributed by atoms with Gasteiger partial charge in [0.25, 0.3) is 0 Å². The predicted molar refractivity (Wildman–Crippen MR) is 91.1 cm³/mol. The molecule has 0 aromatic rings. The van der Waals surface area contributed by atoms with Crippen LogP contribution in [0, 0.1) is 17.3 Å². The number of rotatable bonds is 4. The van der Waals surface area contributed by atoms with Gasteiger partial charge in [-0.05, 0) is 30.6 Å². The molecule has 2 rings (SSSR count). The van der Waals surface area contributed by atoms with Crippen LogP contribution in [0.1, 0.15) is 60.8 Å². The van der Waals surface area contributed by atoms with Gasteiger partial charge in [-0.25, -0.2) is 0 Å². The number of fused-ring (bicyclic) bond motifs is 1. The third kappa shape index (κ3) is 2.95. The second kappa shape index (κ2) is 6.06. The molecule has 0 unspecified atom stereocenters. The highest BCUT2D eigenvalue weighted by Gasteiger charge is 2.56. The maximum Gasteiger partial charge on any atom is 0.306 e. The molecule has 0 bridgehead atoms. The molecule has 0 aromatic carbocycles. The number of hydrogen-bond donors (Lipinski definition) is 0. The van der Waals surface area contributed by atoms with Crippen molar-refractivity contribution in [3.8, 4) is 0 Å². The van der Waals surface area contributed by atoms with Gasteiger partial charge in [-0.3, -0.25) is 4.79 Å². The summed E-state index contributed by atoms with van der Waals surface area (Å²) in [6, 6.07) is 3.68. The Hall–Kier alpha value is -0.313. The van der Waals surface area contributed by atoms with Crippen molar-refractivity contribution in [2.75, 3.05) is 0 Å². The molecular weight excluding hydrogens is 276 g/mol. The fourth-order valence-electron chi connectivity index (χ4n) is 4.97. The van der Waals surface area contributed by atoms with E-state index in [0.717, 1.165) is 12.3 Å². The Balaban J connectivity index is 2.27. The highest BCUT2D eigenvalue weighted by atomic mass is 28.3. The summed E-state index contributed by atoms with van der Waals surface area (Å²) in [6.07, 6.45) is 3.76. The number of esters is 1. The Kier molecular flexibility index (Phi) is 4.92. The van der Waals surface area contributed by atoms with Crippen molar-refractivity contribution in [1.29, 1.82) is 0 Å². The largest absolute Gasteiger partial charge is 0.462 e. The number of carbonyl (C=O) groups excluding carboxylic acids is 1. The van der Waals surface area contributed by atoms with E-state index >= 15 is 0 Å². The first-order valence-corrected chi connectivity index (χ1v) is 11.7. The zero-order valence-electron chi connectivity index (χ0n) is 14.9. The van der Waals surface area contributed by atoms with Crippen LogP contribution in [0.15, 0.2) is 0 Å². The summed E-state index contributed by atoms with van der Waals surface area (Å²) < 4.78 is 5.85. The van der Waals surface area contributed by atoms with E-state index in [1.54, 1.807) is 0 Å². The first-order valence-electron chi connectivity index (χ1n) is 8.99. The Bertz CT molecular complexity index is 373. The standard InChI is InChI=1S/C18H34O2Si/c1-7-21(8-2,9-3)16-14-12-13(18(4,5)6)10-11-15(14)20-17(16)19/h13-16H,7-12H2,1-6H3/t13-,14-,15+,16-/m1/s1. The van der Waals surface area contributed by atoms with E-state index in [-0.39, 0.29) is 17.6 Å². The molecule has 0 aromatic heterocycles. The molecule has 1 heterocycles. The van der Waals surface area contributed by atoms with E-state index in [4.69, 9.17) is 4.74 Å². The molecule has 0 spiro atoms. The van der Waals surface area contributed by atoms with Crippen LogP contribution in [-0.4, -0.2) is 20.1 Å². The molecule has 0 N–H and O–H groups in total. The summed E-state index contributed by atoms with van der Waals surface area (Å²) in [4.78, 5) is 12.6. The van der Waals surface area contributed by atoms with Crippen molar-refractivity contribution in [3.63, 3.8) is 0 Å². The molecule has 0 radical (unpaired) electrons. The summed E-state index contributed by atoms with van der Waals surface area (Å²) in [5.74, 6) is 1.42. The first-order chi connectivity index (χ1) is 9.79. The molecule has 1 aliphatic carbocycles. The molecule has 1 saturated heterocycles. The van der Waals surface area contributed by atoms with Gasteiger partial charge in [0, 0.05) is 5.92 Å². The Labute approximate surface area is 132 Å². The Morgan fingerprint density at radius 3 is 2.14 bits per heavy atom. The maximum absolute atomic E-state index is 12.6. The maximum atomic E-state index is 12.6. The van der Waals surface area contributed by atoms with Crippen molar-refractivity contribution >= 4 is 14.0 Å². The molecule has 1 aliphatic heterocycles. The lowest BCUT2D eigenvalue weighted by Gasteiger charge is -2.42. The highest BCUT2D eigenvalue weighted by Crippen LogP contribution is 2.53. The van der Waals surface area contributed by atoms with E-state index in [2.05, 4.69) is 41.5 Å². The quantitative estimate of drug-likeness (QED) is 0.523. The average molecular weight is 311 g/mol. The molecule has 4 atom stereocenters. The van der Waals surface area contributed by atoms with Gasteiger partial charge in [0.05, 0.1) is 13.6 Å². The van der Waals surface area contributed by atoms with Gasteiger partial charge in [-0.1, -0.05) is 59.7 Å². The molecule has 3 heteroatoms. The second-order valence-corrected chi connectivity index (χ2v) is 13.9. The van der Waals surface area contributed by atoms with Gasteiger partial charge in [-0.2, -0.15) is 0 Å². The summed E-state index contributed by atoms with van der Waals surface area (Å²) in [5.41, 5.74) is 0.628. The molecule has 2 fully saturated rings. The molecule has 2 nitrogen and oxygen atoms in total. The van der Waals surface area contributed by atoms with Gasteiger partial charge in [0.2, 0.25) is 0 Å². The van der Waals surface area contributed by atoms with Crippen LogP contribution >= 0.6 is 0 Å². The van der Waals surface area contributed by atoms with Gasteiger partial charge >= 0.3 is 5.97 Å². The molecule has 1 saturated carbocycles. The minimum atomic E-state index is -1.52. The lowest BCUT2D eigenvalue weighted by molar-refractivity contribution is -0.142. The van der Waals surface area contributed by atoms with Crippen LogP contribution < -0.4 is 0 Å². The van der Waals surface area contributed by atoms with E-state index in [1.165, 1.54) is 31.0 Å². The van der Waals surface area contributed by atoms with Crippen LogP contribution in [-0.2, 0) is 9.53 Å². The normalized spacial score (nSPS) is 33.7. The fraction of sp³-hybridized carbons (Fsp3) is 0.944. The molecule has 122 valence electrons. The lowest BCUT2D eigenvalue weighted by atomic mass is 9.68. The monoisotopic (exact) mass is 310 g/mol. The van der Waals surface area contributed by atoms with Crippen molar-refractivity contribution < 1.29 is 9.53 Å². The summed E-state index contributed by atoms with van der Waals surface area (Å²) in [6.45, 7) is 14.0.